The van der Waals surface area contributed by atoms with E-state index in [0.717, 1.165) is 5.56 Å². The van der Waals surface area contributed by atoms with Crippen molar-refractivity contribution in [1.82, 2.24) is 0 Å². The zero-order valence-corrected chi connectivity index (χ0v) is 12.1. The van der Waals surface area contributed by atoms with Crippen molar-refractivity contribution in [2.24, 2.45) is 0 Å². The van der Waals surface area contributed by atoms with Crippen LogP contribution in [0.1, 0.15) is 36.2 Å². The molecule has 1 N–H and O–H groups in total. The zero-order valence-electron chi connectivity index (χ0n) is 10.5. The van der Waals surface area contributed by atoms with Crippen LogP contribution >= 0.6 is 15.9 Å². The van der Waals surface area contributed by atoms with Crippen LogP contribution in [-0.4, -0.2) is 24.5 Å². The average molecular weight is 315 g/mol. The molecule has 1 aromatic carbocycles. The van der Waals surface area contributed by atoms with E-state index in [-0.39, 0.29) is 23.7 Å². The Morgan fingerprint density at radius 3 is 2.61 bits per heavy atom. The van der Waals surface area contributed by atoms with Crippen LogP contribution in [0.5, 0.6) is 5.75 Å². The largest absolute Gasteiger partial charge is 0.506 e. The Hall–Kier alpha value is -1.36. The molecule has 0 aliphatic carbocycles. The Bertz CT molecular complexity index is 480. The lowest BCUT2D eigenvalue weighted by molar-refractivity contribution is -0.141. The highest BCUT2D eigenvalue weighted by Gasteiger charge is 2.26. The number of aromatic hydroxyl groups is 1. The maximum absolute atomic E-state index is 11.4. The Labute approximate surface area is 114 Å². The third-order valence-corrected chi connectivity index (χ3v) is 3.42. The molecule has 18 heavy (non-hydrogen) atoms. The summed E-state index contributed by atoms with van der Waals surface area (Å²) in [7, 11) is 1.34. The van der Waals surface area contributed by atoms with E-state index in [2.05, 4.69) is 20.7 Å². The molecule has 0 unspecified atom stereocenters. The van der Waals surface area contributed by atoms with Gasteiger partial charge in [-0.2, -0.15) is 0 Å². The molecule has 0 spiro atoms. The third-order valence-electron chi connectivity index (χ3n) is 2.82. The number of esters is 1. The second-order valence-electron chi connectivity index (χ2n) is 4.65. The number of aldehydes is 1. The van der Waals surface area contributed by atoms with Gasteiger partial charge in [0.2, 0.25) is 0 Å². The molecule has 1 rings (SSSR count). The molecule has 0 aliphatic rings. The third kappa shape index (κ3) is 3.10. The van der Waals surface area contributed by atoms with E-state index in [4.69, 9.17) is 0 Å². The number of phenols is 1. The summed E-state index contributed by atoms with van der Waals surface area (Å²) in [6.07, 6.45) is 0.775. The number of ether oxygens (including phenoxy) is 1. The van der Waals surface area contributed by atoms with Crippen molar-refractivity contribution < 1.29 is 19.4 Å². The maximum Gasteiger partial charge on any atom is 0.306 e. The molecule has 0 saturated carbocycles. The van der Waals surface area contributed by atoms with Gasteiger partial charge in [-0.15, -0.1) is 0 Å². The fraction of sp³-hybridized carbons (Fsp3) is 0.385. The lowest BCUT2D eigenvalue weighted by Gasteiger charge is -2.24. The minimum atomic E-state index is -0.485. The van der Waals surface area contributed by atoms with Crippen molar-refractivity contribution >= 4 is 28.2 Å². The molecule has 0 aliphatic heterocycles. The average Bonchev–Trinajstić information content (AvgIpc) is 2.31. The lowest BCUT2D eigenvalue weighted by atomic mass is 9.81. The molecule has 0 atom stereocenters. The van der Waals surface area contributed by atoms with Crippen molar-refractivity contribution in [2.75, 3.05) is 7.11 Å². The predicted octanol–water partition coefficient (Wildman–Crippen LogP) is 2.81. The monoisotopic (exact) mass is 314 g/mol. The summed E-state index contributed by atoms with van der Waals surface area (Å²) in [5, 5.41) is 9.65. The van der Waals surface area contributed by atoms with Crippen molar-refractivity contribution in [1.29, 1.82) is 0 Å². The summed E-state index contributed by atoms with van der Waals surface area (Å²) >= 11 is 3.19. The van der Waals surface area contributed by atoms with Gasteiger partial charge in [0.05, 0.1) is 23.6 Å². The lowest BCUT2D eigenvalue weighted by Crippen LogP contribution is -2.23. The van der Waals surface area contributed by atoms with Crippen LogP contribution in [0.3, 0.4) is 0 Å². The highest BCUT2D eigenvalue weighted by atomic mass is 79.9. The van der Waals surface area contributed by atoms with Crippen molar-refractivity contribution in [3.05, 3.63) is 27.7 Å². The zero-order chi connectivity index (χ0) is 13.9. The smallest absolute Gasteiger partial charge is 0.306 e. The quantitative estimate of drug-likeness (QED) is 0.685. The van der Waals surface area contributed by atoms with E-state index in [1.165, 1.54) is 7.11 Å². The first kappa shape index (κ1) is 14.7. The van der Waals surface area contributed by atoms with Gasteiger partial charge in [0.1, 0.15) is 5.75 Å². The maximum atomic E-state index is 11.4. The fourth-order valence-electron chi connectivity index (χ4n) is 1.64. The van der Waals surface area contributed by atoms with Crippen molar-refractivity contribution in [3.8, 4) is 5.75 Å². The minimum absolute atomic E-state index is 0.0948. The number of phenolic OH excluding ortho intramolecular Hbond substituents is 1. The highest BCUT2D eigenvalue weighted by molar-refractivity contribution is 9.10. The number of methoxy groups -OCH3 is 1. The van der Waals surface area contributed by atoms with Crippen molar-refractivity contribution in [3.63, 3.8) is 0 Å². The molecule has 4 nitrogen and oxygen atoms in total. The Balaban J connectivity index is 3.20. The Kier molecular flexibility index (Phi) is 4.51. The summed E-state index contributed by atoms with van der Waals surface area (Å²) < 4.78 is 5.08. The first-order valence-electron chi connectivity index (χ1n) is 5.37. The van der Waals surface area contributed by atoms with E-state index in [1.807, 2.05) is 13.8 Å². The van der Waals surface area contributed by atoms with Crippen LogP contribution in [-0.2, 0) is 14.9 Å². The van der Waals surface area contributed by atoms with Gasteiger partial charge in [0, 0.05) is 5.41 Å². The molecule has 5 heteroatoms. The summed E-state index contributed by atoms with van der Waals surface area (Å²) in [6.45, 7) is 3.74. The topological polar surface area (TPSA) is 63.6 Å². The summed E-state index contributed by atoms with van der Waals surface area (Å²) in [4.78, 5) is 22.2. The molecule has 98 valence electrons. The molecule has 0 bridgehead atoms. The van der Waals surface area contributed by atoms with Crippen LogP contribution in [0.25, 0.3) is 0 Å². The number of hydrogen-bond donors (Lipinski definition) is 1. The van der Waals surface area contributed by atoms with Gasteiger partial charge in [-0.3, -0.25) is 9.59 Å². The highest BCUT2D eigenvalue weighted by Crippen LogP contribution is 2.35. The van der Waals surface area contributed by atoms with Gasteiger partial charge in [0.25, 0.3) is 0 Å². The number of halogens is 1. The van der Waals surface area contributed by atoms with E-state index in [9.17, 15) is 14.7 Å². The summed E-state index contributed by atoms with van der Waals surface area (Å²) in [6, 6.07) is 3.28. The van der Waals surface area contributed by atoms with E-state index >= 15 is 0 Å². The van der Waals surface area contributed by atoms with E-state index in [1.54, 1.807) is 12.1 Å². The number of hydrogen-bond acceptors (Lipinski definition) is 4. The molecular formula is C13H15BrO4. The molecule has 0 heterocycles. The normalized spacial score (nSPS) is 11.1. The SMILES string of the molecule is COC(=O)CC(C)(C)c1cc(Br)c(O)c(C=O)c1. The summed E-state index contributed by atoms with van der Waals surface area (Å²) in [5.41, 5.74) is 0.484. The minimum Gasteiger partial charge on any atom is -0.506 e. The van der Waals surface area contributed by atoms with Gasteiger partial charge in [-0.05, 0) is 33.6 Å². The van der Waals surface area contributed by atoms with Gasteiger partial charge in [-0.25, -0.2) is 0 Å². The molecule has 1 aromatic rings. The van der Waals surface area contributed by atoms with Gasteiger partial charge < -0.3 is 9.84 Å². The first-order chi connectivity index (χ1) is 8.31. The van der Waals surface area contributed by atoms with Crippen molar-refractivity contribution in [2.45, 2.75) is 25.7 Å². The number of carbonyl (C=O) groups is 2. The summed E-state index contributed by atoms with van der Waals surface area (Å²) in [5.74, 6) is -0.417. The van der Waals surface area contributed by atoms with Gasteiger partial charge in [0.15, 0.2) is 6.29 Å². The number of rotatable bonds is 4. The van der Waals surface area contributed by atoms with Crippen LogP contribution in [0, 0.1) is 0 Å². The molecule has 0 aromatic heterocycles. The standard InChI is InChI=1S/C13H15BrO4/c1-13(2,6-11(16)18-3)9-4-8(7-15)12(17)10(14)5-9/h4-5,7,17H,6H2,1-3H3. The van der Waals surface area contributed by atoms with Gasteiger partial charge in [-0.1, -0.05) is 13.8 Å². The molecule has 0 fully saturated rings. The number of carbonyl (C=O) groups excluding carboxylic acids is 2. The molecule has 0 amide bonds. The van der Waals surface area contributed by atoms with E-state index < -0.39 is 5.41 Å². The van der Waals surface area contributed by atoms with Crippen LogP contribution < -0.4 is 0 Å². The molecular weight excluding hydrogens is 300 g/mol. The number of benzene rings is 1. The van der Waals surface area contributed by atoms with Gasteiger partial charge >= 0.3 is 5.97 Å². The second kappa shape index (κ2) is 5.52. The van der Waals surface area contributed by atoms with E-state index in [0.29, 0.717) is 10.8 Å². The Morgan fingerprint density at radius 2 is 2.11 bits per heavy atom. The second-order valence-corrected chi connectivity index (χ2v) is 5.50. The predicted molar refractivity (Wildman–Crippen MR) is 70.9 cm³/mol. The van der Waals surface area contributed by atoms with Crippen LogP contribution in [0.2, 0.25) is 0 Å². The fourth-order valence-corrected chi connectivity index (χ4v) is 2.11. The molecule has 0 radical (unpaired) electrons. The Morgan fingerprint density at radius 1 is 1.50 bits per heavy atom. The molecule has 0 saturated heterocycles. The van der Waals surface area contributed by atoms with Crippen LogP contribution in [0.15, 0.2) is 16.6 Å². The van der Waals surface area contributed by atoms with Crippen LogP contribution in [0.4, 0.5) is 0 Å². The first-order valence-corrected chi connectivity index (χ1v) is 6.16.